The number of nitrogens with zero attached hydrogens (tertiary/aromatic N) is 1. The monoisotopic (exact) mass is 275 g/mol. The molecule has 0 heterocycles. The van der Waals surface area contributed by atoms with E-state index in [1.54, 1.807) is 18.9 Å². The molecular formula is C12H21NO4S. The average Bonchev–Trinajstić information content (AvgIpc) is 3.16. The molecule has 1 aliphatic rings. The number of hydrogen-bond donors (Lipinski definition) is 0. The molecular weight excluding hydrogens is 254 g/mol. The fourth-order valence-corrected chi connectivity index (χ4v) is 2.31. The largest absolute Gasteiger partial charge is 0.465 e. The van der Waals surface area contributed by atoms with Crippen LogP contribution in [0.2, 0.25) is 0 Å². The molecule has 0 atom stereocenters. The topological polar surface area (TPSA) is 55.8 Å². The fraction of sp³-hybridized carbons (Fsp3) is 0.833. The minimum absolute atomic E-state index is 0.0201. The summed E-state index contributed by atoms with van der Waals surface area (Å²) in [6.45, 7) is 2.84. The molecule has 0 saturated heterocycles. The van der Waals surface area contributed by atoms with Crippen LogP contribution in [0.15, 0.2) is 0 Å². The highest BCUT2D eigenvalue weighted by atomic mass is 32.2. The van der Waals surface area contributed by atoms with Crippen molar-refractivity contribution < 1.29 is 19.1 Å². The molecule has 0 spiro atoms. The van der Waals surface area contributed by atoms with Crippen molar-refractivity contribution in [1.29, 1.82) is 0 Å². The van der Waals surface area contributed by atoms with Crippen molar-refractivity contribution in [2.24, 2.45) is 0 Å². The minimum atomic E-state index is -0.320. The molecule has 0 aromatic heterocycles. The Bertz CT molecular complexity index is 281. The van der Waals surface area contributed by atoms with Crippen molar-refractivity contribution in [2.45, 2.75) is 25.8 Å². The van der Waals surface area contributed by atoms with Crippen molar-refractivity contribution in [2.75, 3.05) is 38.4 Å². The molecule has 0 bridgehead atoms. The van der Waals surface area contributed by atoms with Crippen LogP contribution in [0.3, 0.4) is 0 Å². The van der Waals surface area contributed by atoms with Crippen LogP contribution < -0.4 is 0 Å². The Morgan fingerprint density at radius 1 is 1.39 bits per heavy atom. The van der Waals surface area contributed by atoms with Crippen LogP contribution in [0.4, 0.5) is 0 Å². The van der Waals surface area contributed by atoms with E-state index in [-0.39, 0.29) is 24.5 Å². The molecule has 0 aromatic rings. The predicted molar refractivity (Wildman–Crippen MR) is 70.6 cm³/mol. The molecule has 5 nitrogen and oxygen atoms in total. The summed E-state index contributed by atoms with van der Waals surface area (Å²) in [5, 5.41) is 0. The molecule has 104 valence electrons. The lowest BCUT2D eigenvalue weighted by Gasteiger charge is -2.21. The summed E-state index contributed by atoms with van der Waals surface area (Å²) in [5.41, 5.74) is 0. The average molecular weight is 275 g/mol. The highest BCUT2D eigenvalue weighted by molar-refractivity contribution is 7.99. The van der Waals surface area contributed by atoms with E-state index in [2.05, 4.69) is 0 Å². The van der Waals surface area contributed by atoms with E-state index in [9.17, 15) is 9.59 Å². The van der Waals surface area contributed by atoms with Gasteiger partial charge < -0.3 is 14.4 Å². The number of amides is 1. The molecule has 1 amide bonds. The maximum atomic E-state index is 12.0. The Kier molecular flexibility index (Phi) is 7.12. The Morgan fingerprint density at radius 3 is 2.67 bits per heavy atom. The molecule has 0 aromatic carbocycles. The number of thioether (sulfide) groups is 1. The number of hydrogen-bond acceptors (Lipinski definition) is 5. The van der Waals surface area contributed by atoms with E-state index in [1.807, 2.05) is 0 Å². The number of ether oxygens (including phenoxy) is 2. The lowest BCUT2D eigenvalue weighted by Crippen LogP contribution is -2.39. The third-order valence-corrected chi connectivity index (χ3v) is 3.48. The Labute approximate surface area is 112 Å². The summed E-state index contributed by atoms with van der Waals surface area (Å²) in [6.07, 6.45) is 1.99. The minimum Gasteiger partial charge on any atom is -0.465 e. The van der Waals surface area contributed by atoms with Crippen LogP contribution in [0.1, 0.15) is 19.8 Å². The third-order valence-electron chi connectivity index (χ3n) is 2.57. The molecule has 0 N–H and O–H groups in total. The van der Waals surface area contributed by atoms with Crippen molar-refractivity contribution in [3.05, 3.63) is 0 Å². The van der Waals surface area contributed by atoms with Crippen LogP contribution in [0.25, 0.3) is 0 Å². The lowest BCUT2D eigenvalue weighted by molar-refractivity contribution is -0.148. The van der Waals surface area contributed by atoms with Gasteiger partial charge in [0.1, 0.15) is 6.54 Å². The molecule has 18 heavy (non-hydrogen) atoms. The second kappa shape index (κ2) is 8.37. The van der Waals surface area contributed by atoms with Gasteiger partial charge in [-0.2, -0.15) is 0 Å². The summed E-state index contributed by atoms with van der Waals surface area (Å²) >= 11 is 1.53. The first-order chi connectivity index (χ1) is 8.69. The molecule has 6 heteroatoms. The molecule has 1 fully saturated rings. The maximum absolute atomic E-state index is 12.0. The van der Waals surface area contributed by atoms with Crippen molar-refractivity contribution in [1.82, 2.24) is 4.90 Å². The van der Waals surface area contributed by atoms with E-state index >= 15 is 0 Å². The fourth-order valence-electron chi connectivity index (χ4n) is 1.54. The number of carbonyl (C=O) groups is 2. The summed E-state index contributed by atoms with van der Waals surface area (Å²) in [6, 6.07) is 0.241. The standard InChI is InChI=1S/C12H21NO4S/c1-3-17-12(15)8-13(10-4-5-10)11(14)9-18-7-6-16-2/h10H,3-9H2,1-2H3. The van der Waals surface area contributed by atoms with Gasteiger partial charge >= 0.3 is 5.97 Å². The van der Waals surface area contributed by atoms with Gasteiger partial charge in [-0.3, -0.25) is 9.59 Å². The second-order valence-corrected chi connectivity index (χ2v) is 5.21. The third kappa shape index (κ3) is 5.73. The number of methoxy groups -OCH3 is 1. The van der Waals surface area contributed by atoms with Gasteiger partial charge in [-0.15, -0.1) is 11.8 Å². The summed E-state index contributed by atoms with van der Waals surface area (Å²) in [5.74, 6) is 0.894. The molecule has 1 saturated carbocycles. The molecule has 0 radical (unpaired) electrons. The van der Waals surface area contributed by atoms with E-state index in [0.717, 1.165) is 18.6 Å². The SMILES string of the molecule is CCOC(=O)CN(C(=O)CSCCOC)C1CC1. The van der Waals surface area contributed by atoms with Gasteiger partial charge in [0.05, 0.1) is 19.0 Å². The van der Waals surface area contributed by atoms with Gasteiger partial charge in [0, 0.05) is 18.9 Å². The van der Waals surface area contributed by atoms with E-state index in [4.69, 9.17) is 9.47 Å². The Balaban J connectivity index is 2.31. The first-order valence-corrected chi connectivity index (χ1v) is 7.36. The maximum Gasteiger partial charge on any atom is 0.325 e. The first kappa shape index (κ1) is 15.3. The van der Waals surface area contributed by atoms with Crippen LogP contribution in [0.5, 0.6) is 0 Å². The normalized spacial score (nSPS) is 14.3. The highest BCUT2D eigenvalue weighted by Crippen LogP contribution is 2.27. The first-order valence-electron chi connectivity index (χ1n) is 6.20. The molecule has 1 aliphatic carbocycles. The predicted octanol–water partition coefficient (Wildman–Crippen LogP) is 0.920. The zero-order valence-electron chi connectivity index (χ0n) is 11.0. The molecule has 1 rings (SSSR count). The van der Waals surface area contributed by atoms with Crippen LogP contribution in [-0.4, -0.2) is 61.2 Å². The van der Waals surface area contributed by atoms with Crippen molar-refractivity contribution in [3.8, 4) is 0 Å². The number of esters is 1. The Morgan fingerprint density at radius 2 is 2.11 bits per heavy atom. The van der Waals surface area contributed by atoms with Gasteiger partial charge in [-0.05, 0) is 19.8 Å². The van der Waals surface area contributed by atoms with Gasteiger partial charge in [-0.1, -0.05) is 0 Å². The molecule has 0 unspecified atom stereocenters. The number of carbonyl (C=O) groups excluding carboxylic acids is 2. The smallest absolute Gasteiger partial charge is 0.325 e. The van der Waals surface area contributed by atoms with Crippen LogP contribution in [0, 0.1) is 0 Å². The molecule has 0 aliphatic heterocycles. The van der Waals surface area contributed by atoms with Gasteiger partial charge in [-0.25, -0.2) is 0 Å². The Hall–Kier alpha value is -0.750. The highest BCUT2D eigenvalue weighted by Gasteiger charge is 2.33. The van der Waals surface area contributed by atoms with Crippen molar-refractivity contribution >= 4 is 23.6 Å². The zero-order valence-corrected chi connectivity index (χ0v) is 11.8. The summed E-state index contributed by atoms with van der Waals surface area (Å²) < 4.78 is 9.80. The zero-order chi connectivity index (χ0) is 13.4. The van der Waals surface area contributed by atoms with E-state index < -0.39 is 0 Å². The quantitative estimate of drug-likeness (QED) is 0.462. The second-order valence-electron chi connectivity index (χ2n) is 4.10. The van der Waals surface area contributed by atoms with Gasteiger partial charge in [0.2, 0.25) is 5.91 Å². The van der Waals surface area contributed by atoms with Crippen LogP contribution in [-0.2, 0) is 19.1 Å². The van der Waals surface area contributed by atoms with E-state index in [1.165, 1.54) is 11.8 Å². The van der Waals surface area contributed by atoms with Gasteiger partial charge in [0.25, 0.3) is 0 Å². The van der Waals surface area contributed by atoms with Gasteiger partial charge in [0.15, 0.2) is 0 Å². The number of rotatable bonds is 9. The van der Waals surface area contributed by atoms with Crippen molar-refractivity contribution in [3.63, 3.8) is 0 Å². The summed E-state index contributed by atoms with van der Waals surface area (Å²) in [4.78, 5) is 25.1. The lowest BCUT2D eigenvalue weighted by atomic mass is 10.4. The summed E-state index contributed by atoms with van der Waals surface area (Å²) in [7, 11) is 1.64. The van der Waals surface area contributed by atoms with Crippen LogP contribution >= 0.6 is 11.8 Å². The van der Waals surface area contributed by atoms with E-state index in [0.29, 0.717) is 19.0 Å².